The quantitative estimate of drug-likeness (QED) is 0.390. The van der Waals surface area contributed by atoms with Gasteiger partial charge in [-0.15, -0.1) is 0 Å². The Labute approximate surface area is 172 Å². The number of benzene rings is 2. The van der Waals surface area contributed by atoms with E-state index in [1.54, 1.807) is 54.6 Å². The molecule has 0 saturated heterocycles. The minimum Gasteiger partial charge on any atom is -0.494 e. The first kappa shape index (κ1) is 20.0. The third-order valence-electron chi connectivity index (χ3n) is 3.77. The fraction of sp³-hybridized carbons (Fsp3) is 0.143. The van der Waals surface area contributed by atoms with Crippen molar-refractivity contribution in [1.82, 2.24) is 5.43 Å². The second-order valence-electron chi connectivity index (χ2n) is 5.90. The van der Waals surface area contributed by atoms with Crippen LogP contribution in [0.3, 0.4) is 0 Å². The van der Waals surface area contributed by atoms with Gasteiger partial charge in [0.05, 0.1) is 17.8 Å². The predicted molar refractivity (Wildman–Crippen MR) is 111 cm³/mol. The number of furan rings is 1. The maximum Gasteiger partial charge on any atom is 0.271 e. The van der Waals surface area contributed by atoms with Gasteiger partial charge in [0.15, 0.2) is 0 Å². The van der Waals surface area contributed by atoms with Gasteiger partial charge in [-0.05, 0) is 61.0 Å². The van der Waals surface area contributed by atoms with Gasteiger partial charge in [0.1, 0.15) is 17.3 Å². The minimum atomic E-state index is -0.331. The molecule has 2 aromatic carbocycles. The molecule has 0 bridgehead atoms. The Balaban J connectivity index is 1.61. The molecule has 7 heteroatoms. The largest absolute Gasteiger partial charge is 0.494 e. The molecular weight excluding hydrogens is 399 g/mol. The van der Waals surface area contributed by atoms with Crippen LogP contribution in [0.25, 0.3) is 11.3 Å². The molecule has 1 N–H and O–H groups in total. The molecule has 0 aliphatic rings. The Hall–Kier alpha value is -2.76. The highest BCUT2D eigenvalue weighted by molar-refractivity contribution is 6.35. The van der Waals surface area contributed by atoms with Crippen molar-refractivity contribution in [2.45, 2.75) is 13.3 Å². The van der Waals surface area contributed by atoms with E-state index in [9.17, 15) is 4.79 Å². The lowest BCUT2D eigenvalue weighted by Crippen LogP contribution is -2.17. The number of hydrogen-bond donors (Lipinski definition) is 1. The van der Waals surface area contributed by atoms with Crippen molar-refractivity contribution < 1.29 is 13.9 Å². The van der Waals surface area contributed by atoms with Gasteiger partial charge in [-0.25, -0.2) is 5.43 Å². The lowest BCUT2D eigenvalue weighted by atomic mass is 10.2. The summed E-state index contributed by atoms with van der Waals surface area (Å²) >= 11 is 12.2. The number of hydrogen-bond acceptors (Lipinski definition) is 4. The first-order chi connectivity index (χ1) is 13.6. The molecule has 0 aliphatic heterocycles. The molecular formula is C21H18Cl2N2O3. The highest BCUT2D eigenvalue weighted by atomic mass is 35.5. The number of hydrazone groups is 1. The van der Waals surface area contributed by atoms with E-state index in [1.807, 2.05) is 6.92 Å². The number of amides is 1. The fourth-order valence-electron chi connectivity index (χ4n) is 2.39. The fourth-order valence-corrected chi connectivity index (χ4v) is 2.78. The second kappa shape index (κ2) is 9.44. The van der Waals surface area contributed by atoms with Gasteiger partial charge in [-0.1, -0.05) is 30.1 Å². The molecule has 1 heterocycles. The average molecular weight is 417 g/mol. The Kier molecular flexibility index (Phi) is 6.74. The smallest absolute Gasteiger partial charge is 0.271 e. The van der Waals surface area contributed by atoms with Crippen LogP contribution in [0.15, 0.2) is 64.1 Å². The first-order valence-corrected chi connectivity index (χ1v) is 9.44. The number of nitrogens with one attached hydrogen (secondary N) is 1. The topological polar surface area (TPSA) is 63.8 Å². The zero-order valence-corrected chi connectivity index (χ0v) is 16.6. The molecule has 0 atom stereocenters. The number of carbonyl (C=O) groups is 1. The third-order valence-corrected chi connectivity index (χ3v) is 4.33. The number of nitrogens with zero attached hydrogens (tertiary/aromatic N) is 1. The molecule has 0 fully saturated rings. The van der Waals surface area contributed by atoms with Crippen LogP contribution in [-0.2, 0) is 0 Å². The zero-order valence-electron chi connectivity index (χ0n) is 15.1. The molecule has 0 radical (unpaired) electrons. The van der Waals surface area contributed by atoms with Gasteiger partial charge in [-0.3, -0.25) is 4.79 Å². The Bertz CT molecular complexity index is 982. The Morgan fingerprint density at radius 1 is 1.14 bits per heavy atom. The van der Waals surface area contributed by atoms with Gasteiger partial charge in [-0.2, -0.15) is 5.10 Å². The monoisotopic (exact) mass is 416 g/mol. The molecule has 0 spiro atoms. The molecule has 3 aromatic rings. The minimum absolute atomic E-state index is 0.331. The molecule has 1 aromatic heterocycles. The summed E-state index contributed by atoms with van der Waals surface area (Å²) < 4.78 is 11.2. The van der Waals surface area contributed by atoms with Gasteiger partial charge in [0, 0.05) is 16.1 Å². The molecule has 1 amide bonds. The van der Waals surface area contributed by atoms with Crippen LogP contribution in [0.1, 0.15) is 29.5 Å². The number of ether oxygens (including phenoxy) is 1. The second-order valence-corrected chi connectivity index (χ2v) is 6.74. The van der Waals surface area contributed by atoms with Gasteiger partial charge in [0.2, 0.25) is 0 Å². The molecule has 144 valence electrons. The van der Waals surface area contributed by atoms with Crippen LogP contribution in [0.5, 0.6) is 5.75 Å². The van der Waals surface area contributed by atoms with Gasteiger partial charge in [0.25, 0.3) is 5.91 Å². The van der Waals surface area contributed by atoms with Crippen LogP contribution in [0, 0.1) is 0 Å². The molecule has 0 aliphatic carbocycles. The van der Waals surface area contributed by atoms with Crippen molar-refractivity contribution in [3.63, 3.8) is 0 Å². The Morgan fingerprint density at radius 3 is 2.68 bits per heavy atom. The van der Waals surface area contributed by atoms with Crippen LogP contribution >= 0.6 is 23.2 Å². The molecule has 0 unspecified atom stereocenters. The van der Waals surface area contributed by atoms with Crippen molar-refractivity contribution in [3.05, 3.63) is 76.0 Å². The van der Waals surface area contributed by atoms with Crippen LogP contribution in [0.4, 0.5) is 0 Å². The molecule has 5 nitrogen and oxygen atoms in total. The summed E-state index contributed by atoms with van der Waals surface area (Å²) in [6, 6.07) is 15.5. The molecule has 3 rings (SSSR count). The third kappa shape index (κ3) is 5.15. The van der Waals surface area contributed by atoms with E-state index in [0.29, 0.717) is 39.3 Å². The summed E-state index contributed by atoms with van der Waals surface area (Å²) in [5.41, 5.74) is 3.62. The normalized spacial score (nSPS) is 11.0. The summed E-state index contributed by atoms with van der Waals surface area (Å²) in [7, 11) is 0. The summed E-state index contributed by atoms with van der Waals surface area (Å²) in [4.78, 5) is 12.1. The number of halogens is 2. The van der Waals surface area contributed by atoms with E-state index >= 15 is 0 Å². The highest BCUT2D eigenvalue weighted by Crippen LogP contribution is 2.31. The number of rotatable bonds is 7. The van der Waals surface area contributed by atoms with Crippen molar-refractivity contribution in [2.75, 3.05) is 6.61 Å². The van der Waals surface area contributed by atoms with Crippen molar-refractivity contribution in [1.29, 1.82) is 0 Å². The van der Waals surface area contributed by atoms with Crippen molar-refractivity contribution >= 4 is 35.3 Å². The maximum absolute atomic E-state index is 12.1. The molecule has 0 saturated carbocycles. The standard InChI is InChI=1S/C21H18Cl2N2O3/c1-2-11-27-16-6-3-14(4-7-16)21(26)25-24-13-17-8-10-20(28-17)18-12-15(22)5-9-19(18)23/h3-10,12-13H,2,11H2,1H3,(H,25,26)/b24-13+. The van der Waals surface area contributed by atoms with Crippen LogP contribution < -0.4 is 10.2 Å². The predicted octanol–water partition coefficient (Wildman–Crippen LogP) is 5.81. The van der Waals surface area contributed by atoms with Crippen LogP contribution in [-0.4, -0.2) is 18.7 Å². The lowest BCUT2D eigenvalue weighted by molar-refractivity contribution is 0.0955. The van der Waals surface area contributed by atoms with E-state index in [4.69, 9.17) is 32.4 Å². The summed E-state index contributed by atoms with van der Waals surface area (Å²) in [6.07, 6.45) is 2.34. The molecule has 28 heavy (non-hydrogen) atoms. The number of carbonyl (C=O) groups excluding carboxylic acids is 1. The van der Waals surface area contributed by atoms with Crippen molar-refractivity contribution in [3.8, 4) is 17.1 Å². The van der Waals surface area contributed by atoms with Gasteiger partial charge >= 0.3 is 0 Å². The van der Waals surface area contributed by atoms with Crippen molar-refractivity contribution in [2.24, 2.45) is 5.10 Å². The Morgan fingerprint density at radius 2 is 1.93 bits per heavy atom. The van der Waals surface area contributed by atoms with E-state index in [1.165, 1.54) is 6.21 Å². The van der Waals surface area contributed by atoms with E-state index in [0.717, 1.165) is 12.2 Å². The van der Waals surface area contributed by atoms with E-state index in [-0.39, 0.29) is 5.91 Å². The van der Waals surface area contributed by atoms with E-state index < -0.39 is 0 Å². The summed E-state index contributed by atoms with van der Waals surface area (Å²) in [5, 5.41) is 5.02. The SMILES string of the molecule is CCCOc1ccc(C(=O)N/N=C/c2ccc(-c3cc(Cl)ccc3Cl)o2)cc1. The average Bonchev–Trinajstić information content (AvgIpc) is 3.17. The summed E-state index contributed by atoms with van der Waals surface area (Å²) in [5.74, 6) is 1.42. The highest BCUT2D eigenvalue weighted by Gasteiger charge is 2.09. The summed E-state index contributed by atoms with van der Waals surface area (Å²) in [6.45, 7) is 2.67. The maximum atomic E-state index is 12.1. The first-order valence-electron chi connectivity index (χ1n) is 8.68. The lowest BCUT2D eigenvalue weighted by Gasteiger charge is -2.05. The van der Waals surface area contributed by atoms with Crippen LogP contribution in [0.2, 0.25) is 10.0 Å². The van der Waals surface area contributed by atoms with Gasteiger partial charge < -0.3 is 9.15 Å². The zero-order chi connectivity index (χ0) is 19.9. The van der Waals surface area contributed by atoms with E-state index in [2.05, 4.69) is 10.5 Å².